The minimum absolute atomic E-state index is 0.00756. The molecular weight excluding hydrogens is 412 g/mol. The van der Waals surface area contributed by atoms with Crippen molar-refractivity contribution in [1.82, 2.24) is 14.7 Å². The minimum Gasteiger partial charge on any atom is -0.497 e. The van der Waals surface area contributed by atoms with Crippen LogP contribution in [0, 0.1) is 10.1 Å². The highest BCUT2D eigenvalue weighted by Gasteiger charge is 2.18. The number of non-ortho nitro benzene ring substituents is 1. The van der Waals surface area contributed by atoms with Gasteiger partial charge in [-0.1, -0.05) is 17.3 Å². The van der Waals surface area contributed by atoms with Gasteiger partial charge in [-0.3, -0.25) is 19.5 Å². The zero-order valence-electron chi connectivity index (χ0n) is 16.0. The number of aromatic nitrogens is 3. The van der Waals surface area contributed by atoms with E-state index >= 15 is 0 Å². The summed E-state index contributed by atoms with van der Waals surface area (Å²) in [6.45, 7) is -0.758. The number of esters is 1. The average molecular weight is 426 g/mol. The van der Waals surface area contributed by atoms with Crippen LogP contribution in [0.15, 0.2) is 56.2 Å². The number of rotatable bonds is 7. The van der Waals surface area contributed by atoms with Crippen LogP contribution in [0.2, 0.25) is 0 Å². The number of hydrogen-bond acceptors (Lipinski definition) is 10. The lowest BCUT2D eigenvalue weighted by molar-refractivity contribution is -0.384. The number of benzene rings is 2. The van der Waals surface area contributed by atoms with E-state index in [0.717, 1.165) is 10.6 Å². The van der Waals surface area contributed by atoms with Gasteiger partial charge in [0.1, 0.15) is 12.3 Å². The molecule has 0 aliphatic carbocycles. The van der Waals surface area contributed by atoms with Crippen LogP contribution in [0.4, 0.5) is 5.69 Å². The van der Waals surface area contributed by atoms with Crippen molar-refractivity contribution in [2.24, 2.45) is 0 Å². The molecule has 158 valence electrons. The van der Waals surface area contributed by atoms with Crippen LogP contribution in [0.5, 0.6) is 5.75 Å². The van der Waals surface area contributed by atoms with Crippen molar-refractivity contribution in [3.05, 3.63) is 69.0 Å². The van der Waals surface area contributed by atoms with Gasteiger partial charge in [-0.2, -0.15) is 4.98 Å². The van der Waals surface area contributed by atoms with Crippen molar-refractivity contribution >= 4 is 22.8 Å². The molecule has 0 saturated carbocycles. The van der Waals surface area contributed by atoms with E-state index in [1.165, 1.54) is 19.2 Å². The molecule has 0 spiro atoms. The number of hydrogen-bond donors (Lipinski definition) is 0. The average Bonchev–Trinajstić information content (AvgIpc) is 3.36. The zero-order valence-corrected chi connectivity index (χ0v) is 16.0. The van der Waals surface area contributed by atoms with E-state index in [2.05, 4.69) is 10.1 Å². The Hall–Kier alpha value is -4.48. The fourth-order valence-corrected chi connectivity index (χ4v) is 2.83. The molecule has 2 aromatic carbocycles. The number of oxazole rings is 1. The topological polar surface area (TPSA) is 153 Å². The van der Waals surface area contributed by atoms with Crippen LogP contribution >= 0.6 is 0 Å². The van der Waals surface area contributed by atoms with Gasteiger partial charge in [-0.15, -0.1) is 0 Å². The van der Waals surface area contributed by atoms with Crippen molar-refractivity contribution < 1.29 is 28.1 Å². The van der Waals surface area contributed by atoms with Crippen LogP contribution in [0.1, 0.15) is 5.89 Å². The molecule has 12 heteroatoms. The smallest absolute Gasteiger partial charge is 0.420 e. The summed E-state index contributed by atoms with van der Waals surface area (Å²) in [5.74, 6) is -0.622. The Labute approximate surface area is 172 Å². The first kappa shape index (κ1) is 19.8. The van der Waals surface area contributed by atoms with E-state index in [1.54, 1.807) is 24.3 Å². The van der Waals surface area contributed by atoms with Gasteiger partial charge >= 0.3 is 11.7 Å². The summed E-state index contributed by atoms with van der Waals surface area (Å²) in [6, 6.07) is 10.7. The number of carbonyl (C=O) groups is 1. The Morgan fingerprint density at radius 1 is 1.26 bits per heavy atom. The van der Waals surface area contributed by atoms with E-state index in [0.29, 0.717) is 17.1 Å². The van der Waals surface area contributed by atoms with Crippen LogP contribution in [0.3, 0.4) is 0 Å². The number of nitrogens with zero attached hydrogens (tertiary/aromatic N) is 4. The molecule has 12 nitrogen and oxygen atoms in total. The maximum atomic E-state index is 12.2. The molecule has 0 aliphatic rings. The highest BCUT2D eigenvalue weighted by molar-refractivity contribution is 5.78. The lowest BCUT2D eigenvalue weighted by atomic mass is 10.2. The van der Waals surface area contributed by atoms with Crippen LogP contribution in [0.25, 0.3) is 22.5 Å². The zero-order chi connectivity index (χ0) is 22.0. The Morgan fingerprint density at radius 3 is 2.87 bits per heavy atom. The number of nitro groups is 1. The molecule has 0 unspecified atom stereocenters. The lowest BCUT2D eigenvalue weighted by Gasteiger charge is -2.02. The van der Waals surface area contributed by atoms with Gasteiger partial charge in [-0.25, -0.2) is 4.79 Å². The first-order chi connectivity index (χ1) is 14.9. The summed E-state index contributed by atoms with van der Waals surface area (Å²) in [5.41, 5.74) is 0.642. The van der Waals surface area contributed by atoms with Crippen molar-refractivity contribution in [1.29, 1.82) is 0 Å². The maximum absolute atomic E-state index is 12.2. The summed E-state index contributed by atoms with van der Waals surface area (Å²) >= 11 is 0. The predicted octanol–water partition coefficient (Wildman–Crippen LogP) is 2.30. The SMILES string of the molecule is COc1cccc(-c2noc(COC(=O)Cn3c(=O)oc4cc([N+](=O)[O-])ccc43)n2)c1. The number of fused-ring (bicyclic) bond motifs is 1. The van der Waals surface area contributed by atoms with Crippen LogP contribution in [-0.2, 0) is 22.7 Å². The van der Waals surface area contributed by atoms with E-state index in [-0.39, 0.29) is 29.3 Å². The largest absolute Gasteiger partial charge is 0.497 e. The molecule has 31 heavy (non-hydrogen) atoms. The molecule has 0 saturated heterocycles. The predicted molar refractivity (Wildman–Crippen MR) is 103 cm³/mol. The number of methoxy groups -OCH3 is 1. The third kappa shape index (κ3) is 4.12. The van der Waals surface area contributed by atoms with E-state index in [4.69, 9.17) is 18.4 Å². The molecule has 0 bridgehead atoms. The minimum atomic E-state index is -0.842. The number of carbonyl (C=O) groups excluding carboxylic acids is 1. The van der Waals surface area contributed by atoms with E-state index in [9.17, 15) is 19.7 Å². The quantitative estimate of drug-likeness (QED) is 0.244. The third-order valence-corrected chi connectivity index (χ3v) is 4.30. The van der Waals surface area contributed by atoms with Gasteiger partial charge in [0, 0.05) is 11.6 Å². The van der Waals surface area contributed by atoms with Crippen molar-refractivity contribution in [2.45, 2.75) is 13.2 Å². The van der Waals surface area contributed by atoms with Crippen LogP contribution < -0.4 is 10.5 Å². The van der Waals surface area contributed by atoms with E-state index in [1.807, 2.05) is 0 Å². The van der Waals surface area contributed by atoms with Crippen molar-refractivity contribution in [3.63, 3.8) is 0 Å². The van der Waals surface area contributed by atoms with Gasteiger partial charge in [0.15, 0.2) is 12.2 Å². The third-order valence-electron chi connectivity index (χ3n) is 4.30. The van der Waals surface area contributed by atoms with Gasteiger partial charge in [-0.05, 0) is 18.2 Å². The molecule has 2 aromatic heterocycles. The van der Waals surface area contributed by atoms with Crippen molar-refractivity contribution in [3.8, 4) is 17.1 Å². The summed E-state index contributed by atoms with van der Waals surface area (Å²) in [5, 5.41) is 14.7. The molecule has 0 amide bonds. The van der Waals surface area contributed by atoms with Crippen LogP contribution in [-0.4, -0.2) is 32.7 Å². The van der Waals surface area contributed by atoms with Gasteiger partial charge in [0.2, 0.25) is 5.82 Å². The standard InChI is InChI=1S/C19H14N4O8/c1-28-13-4-2-3-11(7-13)18-20-16(31-21-18)10-29-17(24)9-22-14-6-5-12(23(26)27)8-15(14)30-19(22)25/h2-8H,9-10H2,1H3. The second-order valence-corrected chi connectivity index (χ2v) is 6.27. The fourth-order valence-electron chi connectivity index (χ4n) is 2.83. The Kier molecular flexibility index (Phi) is 5.18. The molecule has 0 fully saturated rings. The first-order valence-electron chi connectivity index (χ1n) is 8.85. The highest BCUT2D eigenvalue weighted by Crippen LogP contribution is 2.22. The second kappa shape index (κ2) is 8.10. The molecule has 4 aromatic rings. The lowest BCUT2D eigenvalue weighted by Crippen LogP contribution is -2.21. The number of nitro benzene ring substituents is 1. The van der Waals surface area contributed by atoms with Gasteiger partial charge in [0.05, 0.1) is 23.6 Å². The Balaban J connectivity index is 1.43. The summed E-state index contributed by atoms with van der Waals surface area (Å²) in [7, 11) is 1.54. The summed E-state index contributed by atoms with van der Waals surface area (Å²) in [6.07, 6.45) is 0. The normalized spacial score (nSPS) is 10.9. The Morgan fingerprint density at radius 2 is 2.10 bits per heavy atom. The second-order valence-electron chi connectivity index (χ2n) is 6.27. The molecule has 4 rings (SSSR count). The number of ether oxygens (including phenoxy) is 2. The fraction of sp³-hybridized carbons (Fsp3) is 0.158. The molecule has 0 radical (unpaired) electrons. The molecule has 0 atom stereocenters. The highest BCUT2D eigenvalue weighted by atomic mass is 16.6. The van der Waals surface area contributed by atoms with Crippen molar-refractivity contribution in [2.75, 3.05) is 7.11 Å². The Bertz CT molecular complexity index is 1340. The van der Waals surface area contributed by atoms with Gasteiger partial charge in [0.25, 0.3) is 11.6 Å². The maximum Gasteiger partial charge on any atom is 0.420 e. The summed E-state index contributed by atoms with van der Waals surface area (Å²) < 4.78 is 21.3. The van der Waals surface area contributed by atoms with E-state index < -0.39 is 23.2 Å². The first-order valence-corrected chi connectivity index (χ1v) is 8.85. The molecule has 2 heterocycles. The molecule has 0 aliphatic heterocycles. The monoisotopic (exact) mass is 426 g/mol. The summed E-state index contributed by atoms with van der Waals surface area (Å²) in [4.78, 5) is 38.6. The molecular formula is C19H14N4O8. The molecule has 0 N–H and O–H groups in total. The van der Waals surface area contributed by atoms with Gasteiger partial charge < -0.3 is 18.4 Å².